The molecule has 6 nitrogen and oxygen atoms in total. The molecule has 6 heteroatoms. The first-order valence-corrected chi connectivity index (χ1v) is 19.9. The summed E-state index contributed by atoms with van der Waals surface area (Å²) in [5.41, 5.74) is 3.57. The second-order valence-electron chi connectivity index (χ2n) is 18.2. The number of rotatable bonds is 8. The molecule has 0 radical (unpaired) electrons. The summed E-state index contributed by atoms with van der Waals surface area (Å²) < 4.78 is 5.62. The second-order valence-corrected chi connectivity index (χ2v) is 18.2. The van der Waals surface area contributed by atoms with Gasteiger partial charge in [0, 0.05) is 23.7 Å². The molecule has 3 aliphatic heterocycles. The van der Waals surface area contributed by atoms with Gasteiger partial charge in [-0.05, 0) is 172 Å². The van der Waals surface area contributed by atoms with Gasteiger partial charge in [-0.15, -0.1) is 6.58 Å². The molecule has 0 spiro atoms. The fourth-order valence-electron chi connectivity index (χ4n) is 13.5. The van der Waals surface area contributed by atoms with Crippen LogP contribution in [-0.4, -0.2) is 63.7 Å². The molecule has 4 heterocycles. The maximum Gasteiger partial charge on any atom is 0.119 e. The van der Waals surface area contributed by atoms with Crippen molar-refractivity contribution in [3.63, 3.8) is 0 Å². The zero-order chi connectivity index (χ0) is 34.2. The van der Waals surface area contributed by atoms with Gasteiger partial charge in [-0.25, -0.2) is 0 Å². The van der Waals surface area contributed by atoms with Gasteiger partial charge in [-0.1, -0.05) is 26.8 Å². The molecule has 15 atom stereocenters. The van der Waals surface area contributed by atoms with Gasteiger partial charge in [0.2, 0.25) is 0 Å². The molecule has 49 heavy (non-hydrogen) atoms. The lowest BCUT2D eigenvalue weighted by Crippen LogP contribution is -2.58. The van der Waals surface area contributed by atoms with Gasteiger partial charge in [0.15, 0.2) is 0 Å². The molecule has 9 rings (SSSR count). The van der Waals surface area contributed by atoms with E-state index in [9.17, 15) is 15.3 Å². The van der Waals surface area contributed by atoms with Crippen molar-refractivity contribution >= 4 is 10.9 Å². The molecule has 268 valence electrons. The van der Waals surface area contributed by atoms with Gasteiger partial charge in [-0.2, -0.15) is 0 Å². The second kappa shape index (κ2) is 12.9. The lowest BCUT2D eigenvalue weighted by Gasteiger charge is -2.62. The summed E-state index contributed by atoms with van der Waals surface area (Å²) >= 11 is 0. The molecule has 1 aromatic heterocycles. The van der Waals surface area contributed by atoms with E-state index in [2.05, 4.69) is 56.5 Å². The Morgan fingerprint density at radius 2 is 1.82 bits per heavy atom. The van der Waals surface area contributed by atoms with Crippen molar-refractivity contribution in [3.8, 4) is 5.75 Å². The number of aliphatic hydroxyl groups is 3. The number of aromatic nitrogens is 1. The molecule has 2 aromatic rings. The van der Waals surface area contributed by atoms with Gasteiger partial charge >= 0.3 is 0 Å². The Bertz CT molecular complexity index is 1550. The summed E-state index contributed by atoms with van der Waals surface area (Å²) in [7, 11) is 1.70. The highest BCUT2D eigenvalue weighted by Crippen LogP contribution is 2.68. The average Bonchev–Trinajstić information content (AvgIpc) is 3.47. The summed E-state index contributed by atoms with van der Waals surface area (Å²) in [5.74, 6) is 5.20. The van der Waals surface area contributed by atoms with Crippen molar-refractivity contribution in [2.24, 2.45) is 58.2 Å². The van der Waals surface area contributed by atoms with Crippen LogP contribution in [0.4, 0.5) is 0 Å². The molecule has 1 aromatic carbocycles. The number of aliphatic hydroxyl groups excluding tert-OH is 3. The molecular weight excluding hydrogens is 608 g/mol. The number of piperidine rings is 3. The third kappa shape index (κ3) is 5.61. The smallest absolute Gasteiger partial charge is 0.119 e. The molecule has 0 amide bonds. The Labute approximate surface area is 294 Å². The SMILES string of the molecule is C=C[C@H]1CN2CC[C@H]1C[C@H]2[C@@H](O)c1cc(CC[C@@H](C)[C@H]2CC[C@H]3[C@@H]4[C@H](O)C[C@@H]5C[C@H](O)CC[C@]5(C)[C@H]4CC[C@]23C)nc2ccc(OC)cc12. The molecule has 3 saturated heterocycles. The molecule has 7 aliphatic rings. The first kappa shape index (κ1) is 34.1. The van der Waals surface area contributed by atoms with Crippen molar-refractivity contribution in [2.75, 3.05) is 20.2 Å². The molecule has 4 aliphatic carbocycles. The number of methoxy groups -OCH3 is 1. The zero-order valence-electron chi connectivity index (χ0n) is 30.6. The highest BCUT2D eigenvalue weighted by molar-refractivity contribution is 5.84. The normalized spacial score (nSPS) is 44.1. The van der Waals surface area contributed by atoms with Crippen molar-refractivity contribution < 1.29 is 20.1 Å². The molecule has 4 saturated carbocycles. The lowest BCUT2D eigenvalue weighted by atomic mass is 9.43. The predicted octanol–water partition coefficient (Wildman–Crippen LogP) is 7.73. The van der Waals surface area contributed by atoms with Gasteiger partial charge < -0.3 is 20.1 Å². The predicted molar refractivity (Wildman–Crippen MR) is 195 cm³/mol. The Hall–Kier alpha value is -1.99. The van der Waals surface area contributed by atoms with Crippen LogP contribution in [-0.2, 0) is 6.42 Å². The monoisotopic (exact) mass is 670 g/mol. The van der Waals surface area contributed by atoms with Gasteiger partial charge in [0.1, 0.15) is 5.75 Å². The van der Waals surface area contributed by atoms with Crippen molar-refractivity contribution in [3.05, 3.63) is 48.2 Å². The van der Waals surface area contributed by atoms with Crippen LogP contribution in [0, 0.1) is 58.2 Å². The Kier molecular flexibility index (Phi) is 8.98. The summed E-state index contributed by atoms with van der Waals surface area (Å²) in [5, 5.41) is 35.3. The van der Waals surface area contributed by atoms with E-state index < -0.39 is 6.10 Å². The summed E-state index contributed by atoms with van der Waals surface area (Å²) in [6, 6.07) is 8.45. The van der Waals surface area contributed by atoms with Crippen LogP contribution >= 0.6 is 0 Å². The summed E-state index contributed by atoms with van der Waals surface area (Å²) in [6.45, 7) is 13.7. The van der Waals surface area contributed by atoms with Crippen LogP contribution in [0.1, 0.15) is 109 Å². The van der Waals surface area contributed by atoms with Crippen molar-refractivity contribution in [1.29, 1.82) is 0 Å². The number of hydrogen-bond acceptors (Lipinski definition) is 6. The van der Waals surface area contributed by atoms with E-state index in [1.54, 1.807) is 7.11 Å². The van der Waals surface area contributed by atoms with Crippen molar-refractivity contribution in [1.82, 2.24) is 9.88 Å². The van der Waals surface area contributed by atoms with E-state index in [1.165, 1.54) is 32.1 Å². The maximum atomic E-state index is 12.1. The highest BCUT2D eigenvalue weighted by Gasteiger charge is 2.62. The standard InChI is InChI=1S/C43H62N2O4/c1-6-26-24-45-18-15-27(26)19-38(45)41(48)33-22-29(44-37-12-9-31(49-5)23-32(33)37)8-7-25(2)34-10-11-35-40-36(14-17-43(34,35)4)42(3)16-13-30(46)20-28(42)21-39(40)47/h6,9,12,22-23,25-28,30,34-36,38-41,46-48H,1,7-8,10-11,13-21,24H2,2-5H3/t25-,26+,27+,28+,30-,34-,35+,36+,38+,39-,40+,41+,42+,43-/m1/s1. The quantitative estimate of drug-likeness (QED) is 0.249. The van der Waals surface area contributed by atoms with Gasteiger partial charge in [-0.3, -0.25) is 9.88 Å². The Morgan fingerprint density at radius 3 is 2.57 bits per heavy atom. The average molecular weight is 671 g/mol. The highest BCUT2D eigenvalue weighted by atomic mass is 16.5. The van der Waals surface area contributed by atoms with E-state index >= 15 is 0 Å². The number of aryl methyl sites for hydroxylation is 1. The molecule has 2 bridgehead atoms. The van der Waals surface area contributed by atoms with Gasteiger partial charge in [0.25, 0.3) is 0 Å². The maximum absolute atomic E-state index is 12.1. The third-order valence-corrected chi connectivity index (χ3v) is 16.2. The minimum absolute atomic E-state index is 0.121. The minimum atomic E-state index is -0.567. The number of hydrogen-bond donors (Lipinski definition) is 3. The van der Waals surface area contributed by atoms with E-state index in [4.69, 9.17) is 9.72 Å². The molecular formula is C43H62N2O4. The number of pyridine rings is 1. The fraction of sp³-hybridized carbons (Fsp3) is 0.744. The number of nitrogens with zero attached hydrogens (tertiary/aromatic N) is 2. The van der Waals surface area contributed by atoms with Crippen LogP contribution < -0.4 is 4.74 Å². The molecule has 1 unspecified atom stereocenters. The van der Waals surface area contributed by atoms with Crippen LogP contribution in [0.15, 0.2) is 36.9 Å². The Morgan fingerprint density at radius 1 is 1.02 bits per heavy atom. The first-order chi connectivity index (χ1) is 23.5. The van der Waals surface area contributed by atoms with E-state index in [0.29, 0.717) is 47.3 Å². The fourth-order valence-corrected chi connectivity index (χ4v) is 13.5. The summed E-state index contributed by atoms with van der Waals surface area (Å²) in [4.78, 5) is 7.68. The zero-order valence-corrected chi connectivity index (χ0v) is 30.6. The molecule has 7 fully saturated rings. The largest absolute Gasteiger partial charge is 0.497 e. The molecule has 3 N–H and O–H groups in total. The van der Waals surface area contributed by atoms with Crippen LogP contribution in [0.3, 0.4) is 0 Å². The first-order valence-electron chi connectivity index (χ1n) is 19.9. The van der Waals surface area contributed by atoms with E-state index in [-0.39, 0.29) is 29.1 Å². The Balaban J connectivity index is 1.01. The number of benzene rings is 1. The van der Waals surface area contributed by atoms with E-state index in [0.717, 1.165) is 85.9 Å². The number of fused-ring (bicyclic) bond motifs is 9. The topological polar surface area (TPSA) is 86.1 Å². The lowest BCUT2D eigenvalue weighted by molar-refractivity contribution is -0.174. The summed E-state index contributed by atoms with van der Waals surface area (Å²) in [6.07, 6.45) is 14.1. The van der Waals surface area contributed by atoms with Gasteiger partial charge in [0.05, 0.1) is 30.9 Å². The van der Waals surface area contributed by atoms with E-state index in [1.807, 2.05) is 6.07 Å². The van der Waals surface area contributed by atoms with Crippen molar-refractivity contribution in [2.45, 2.75) is 122 Å². The third-order valence-electron chi connectivity index (χ3n) is 16.2. The van der Waals surface area contributed by atoms with Crippen LogP contribution in [0.2, 0.25) is 0 Å². The number of ether oxygens (including phenoxy) is 1. The van der Waals surface area contributed by atoms with Crippen LogP contribution in [0.25, 0.3) is 10.9 Å². The minimum Gasteiger partial charge on any atom is -0.497 e. The van der Waals surface area contributed by atoms with Crippen LogP contribution in [0.5, 0.6) is 5.75 Å².